The second-order valence-corrected chi connectivity index (χ2v) is 22.4. The number of likely N-dealkylation sites (tertiary alicyclic amines) is 1. The van der Waals surface area contributed by atoms with Gasteiger partial charge in [0, 0.05) is 45.4 Å². The van der Waals surface area contributed by atoms with Crippen molar-refractivity contribution < 1.29 is 38.2 Å². The molecule has 1 aliphatic carbocycles. The predicted octanol–water partition coefficient (Wildman–Crippen LogP) is 7.58. The Labute approximate surface area is 440 Å². The van der Waals surface area contributed by atoms with Crippen LogP contribution in [-0.4, -0.2) is 118 Å². The highest BCUT2D eigenvalue weighted by Crippen LogP contribution is 2.33. The van der Waals surface area contributed by atoms with E-state index >= 15 is 4.79 Å². The number of ether oxygens (including phenoxy) is 2. The van der Waals surface area contributed by atoms with Crippen molar-refractivity contribution in [1.29, 1.82) is 0 Å². The van der Waals surface area contributed by atoms with Crippen LogP contribution in [0.15, 0.2) is 109 Å². The van der Waals surface area contributed by atoms with Crippen LogP contribution in [0.1, 0.15) is 113 Å². The van der Waals surface area contributed by atoms with Crippen LogP contribution < -0.4 is 21.3 Å². The highest BCUT2D eigenvalue weighted by atomic mass is 16.6. The lowest BCUT2D eigenvalue weighted by Gasteiger charge is -2.37. The van der Waals surface area contributed by atoms with Gasteiger partial charge in [-0.2, -0.15) is 0 Å². The molecule has 75 heavy (non-hydrogen) atoms. The number of carbonyl (C=O) groups excluding carboxylic acids is 6. The maximum Gasteiger partial charge on any atom is 0.410 e. The van der Waals surface area contributed by atoms with E-state index < -0.39 is 65.2 Å². The minimum absolute atomic E-state index is 0.00155. The standard InChI is InChI=1S/C59H74N8O8/c1-37(64(8)57(73)75-59(5,6)7)52(68)63-51(58(2,3)4)55(71)67-35-44(32-49(67)53(69)62-46-25-17-23-39-18-15-16-24-45(39)46)61-56(72)65-29-28-42-30-38(26-27-48(42)65)34-66(50(36-74-9)40-19-11-10-12-20-40)54(70)47-31-41-21-13-14-22-43(41)33-60-47/h10-16,18-22,24,26-30,37,44,46-47,49-51,60H,17,23,25,31-36H2,1-9H3,(H,61,72)(H,62,69)(H,63,68)/t37-,44-,46+,47-,49-,50-,51+/m0/s1. The number of rotatable bonds is 14. The highest BCUT2D eigenvalue weighted by Gasteiger charge is 2.46. The van der Waals surface area contributed by atoms with Gasteiger partial charge in [0.05, 0.1) is 36.3 Å². The molecule has 1 aromatic heterocycles. The first-order valence-electron chi connectivity index (χ1n) is 26.2. The Morgan fingerprint density at radius 2 is 1.53 bits per heavy atom. The number of aromatic nitrogens is 1. The van der Waals surface area contributed by atoms with Crippen LogP contribution in [0.2, 0.25) is 0 Å². The maximum atomic E-state index is 15.0. The van der Waals surface area contributed by atoms with Crippen LogP contribution in [0, 0.1) is 5.41 Å². The molecule has 4 aromatic carbocycles. The van der Waals surface area contributed by atoms with E-state index in [0.717, 1.165) is 46.9 Å². The zero-order chi connectivity index (χ0) is 53.8. The summed E-state index contributed by atoms with van der Waals surface area (Å²) in [6.07, 6.45) is 4.22. The molecule has 3 aliphatic rings. The second kappa shape index (κ2) is 22.8. The number of benzene rings is 4. The first kappa shape index (κ1) is 54.2. The van der Waals surface area contributed by atoms with Gasteiger partial charge in [-0.3, -0.25) is 28.6 Å². The molecule has 2 aliphatic heterocycles. The Morgan fingerprint density at radius 3 is 2.24 bits per heavy atom. The number of hydrogen-bond donors (Lipinski definition) is 4. The molecule has 4 N–H and O–H groups in total. The van der Waals surface area contributed by atoms with Crippen LogP contribution in [0.5, 0.6) is 0 Å². The molecular formula is C59H74N8O8. The fraction of sp³-hybridized carbons (Fsp3) is 0.458. The molecule has 398 valence electrons. The zero-order valence-corrected chi connectivity index (χ0v) is 44.9. The number of aryl methyl sites for hydroxylation is 1. The molecule has 1 fully saturated rings. The summed E-state index contributed by atoms with van der Waals surface area (Å²) < 4.78 is 12.8. The fourth-order valence-electron chi connectivity index (χ4n) is 10.6. The summed E-state index contributed by atoms with van der Waals surface area (Å²) in [5.74, 6) is -1.45. The first-order valence-corrected chi connectivity index (χ1v) is 26.2. The van der Waals surface area contributed by atoms with Crippen LogP contribution in [0.3, 0.4) is 0 Å². The molecule has 16 nitrogen and oxygen atoms in total. The van der Waals surface area contributed by atoms with Crippen molar-refractivity contribution in [1.82, 2.24) is 40.5 Å². The molecular weight excluding hydrogens is 949 g/mol. The third-order valence-corrected chi connectivity index (χ3v) is 14.8. The number of likely N-dealkylation sites (N-methyl/N-ethyl adjacent to an activating group) is 1. The molecule has 7 atom stereocenters. The monoisotopic (exact) mass is 1020 g/mol. The average molecular weight is 1020 g/mol. The molecule has 0 unspecified atom stereocenters. The minimum Gasteiger partial charge on any atom is -0.444 e. The van der Waals surface area contributed by atoms with E-state index in [0.29, 0.717) is 18.5 Å². The van der Waals surface area contributed by atoms with Crippen molar-refractivity contribution in [2.24, 2.45) is 5.41 Å². The maximum absolute atomic E-state index is 15.0. The second-order valence-electron chi connectivity index (χ2n) is 22.4. The third-order valence-electron chi connectivity index (χ3n) is 14.8. The fourth-order valence-corrected chi connectivity index (χ4v) is 10.6. The van der Waals surface area contributed by atoms with Crippen LogP contribution in [0.25, 0.3) is 10.9 Å². The smallest absolute Gasteiger partial charge is 0.410 e. The number of fused-ring (bicyclic) bond motifs is 3. The van der Waals surface area contributed by atoms with Gasteiger partial charge < -0.3 is 40.5 Å². The summed E-state index contributed by atoms with van der Waals surface area (Å²) in [5, 5.41) is 13.6. The molecule has 1 saturated heterocycles. The van der Waals surface area contributed by atoms with E-state index in [2.05, 4.69) is 39.5 Å². The molecule has 0 spiro atoms. The molecule has 6 amide bonds. The lowest BCUT2D eigenvalue weighted by molar-refractivity contribution is -0.144. The van der Waals surface area contributed by atoms with Crippen molar-refractivity contribution in [3.63, 3.8) is 0 Å². The van der Waals surface area contributed by atoms with Gasteiger partial charge in [0.2, 0.25) is 23.6 Å². The van der Waals surface area contributed by atoms with E-state index in [-0.39, 0.29) is 50.0 Å². The van der Waals surface area contributed by atoms with Gasteiger partial charge in [-0.25, -0.2) is 9.59 Å². The van der Waals surface area contributed by atoms with Gasteiger partial charge in [0.1, 0.15) is 23.7 Å². The Hall–Kier alpha value is -7.04. The lowest BCUT2D eigenvalue weighted by atomic mass is 9.85. The van der Waals surface area contributed by atoms with Gasteiger partial charge in [-0.15, -0.1) is 0 Å². The van der Waals surface area contributed by atoms with E-state index in [1.54, 1.807) is 41.0 Å². The largest absolute Gasteiger partial charge is 0.444 e. The van der Waals surface area contributed by atoms with Crippen molar-refractivity contribution >= 4 is 46.7 Å². The summed E-state index contributed by atoms with van der Waals surface area (Å²) in [4.78, 5) is 90.1. The van der Waals surface area contributed by atoms with Gasteiger partial charge in [-0.05, 0) is 117 Å². The quantitative estimate of drug-likeness (QED) is 0.0872. The predicted molar refractivity (Wildman–Crippen MR) is 287 cm³/mol. The number of nitrogens with zero attached hydrogens (tertiary/aromatic N) is 4. The number of hydrogen-bond acceptors (Lipinski definition) is 9. The number of nitrogens with one attached hydrogen (secondary N) is 4. The molecule has 8 rings (SSSR count). The van der Waals surface area contributed by atoms with E-state index in [1.165, 1.54) is 32.5 Å². The number of amides is 6. The van der Waals surface area contributed by atoms with Crippen LogP contribution in [-0.2, 0) is 54.6 Å². The Morgan fingerprint density at radius 1 is 0.840 bits per heavy atom. The number of methoxy groups -OCH3 is 1. The van der Waals surface area contributed by atoms with E-state index in [4.69, 9.17) is 9.47 Å². The minimum atomic E-state index is -1.11. The van der Waals surface area contributed by atoms with Crippen molar-refractivity contribution in [2.75, 3.05) is 27.3 Å². The summed E-state index contributed by atoms with van der Waals surface area (Å²) in [7, 11) is 3.11. The third kappa shape index (κ3) is 12.6. The Kier molecular flexibility index (Phi) is 16.5. The molecule has 3 heterocycles. The van der Waals surface area contributed by atoms with Crippen molar-refractivity contribution in [3.8, 4) is 0 Å². The summed E-state index contributed by atoms with van der Waals surface area (Å²) >= 11 is 0. The van der Waals surface area contributed by atoms with Gasteiger partial charge in [0.15, 0.2) is 0 Å². The highest BCUT2D eigenvalue weighted by molar-refractivity contribution is 5.96. The summed E-state index contributed by atoms with van der Waals surface area (Å²) in [6.45, 7) is 13.4. The average Bonchev–Trinajstić information content (AvgIpc) is 4.02. The SMILES string of the molecule is COC[C@@H](c1ccccc1)N(Cc1ccc2c(ccn2C(=O)N[C@H]2C[C@@H](C(=O)N[C@@H]3CCCc4ccccc43)N(C(=O)[C@@H](NC(=O)[C@H](C)N(C)C(=O)OC(C)(C)C)C(C)(C)C)C2)c1)C(=O)[C@@H]1Cc2ccccc2CN1. The Bertz CT molecular complexity index is 2890. The van der Waals surface area contributed by atoms with Gasteiger partial charge in [0.25, 0.3) is 0 Å². The molecule has 16 heteroatoms. The summed E-state index contributed by atoms with van der Waals surface area (Å²) in [5.41, 5.74) is 5.38. The Balaban J connectivity index is 1.03. The van der Waals surface area contributed by atoms with Crippen molar-refractivity contribution in [2.45, 2.75) is 142 Å². The first-order chi connectivity index (χ1) is 35.7. The van der Waals surface area contributed by atoms with Gasteiger partial charge >= 0.3 is 12.1 Å². The topological polar surface area (TPSA) is 184 Å². The van der Waals surface area contributed by atoms with Crippen LogP contribution >= 0.6 is 0 Å². The van der Waals surface area contributed by atoms with Crippen LogP contribution in [0.4, 0.5) is 9.59 Å². The number of carbonyl (C=O) groups is 6. The molecule has 0 radical (unpaired) electrons. The molecule has 5 aromatic rings. The van der Waals surface area contributed by atoms with E-state index in [1.807, 2.05) is 111 Å². The lowest BCUT2D eigenvalue weighted by Crippen LogP contribution is -2.60. The normalized spacial score (nSPS) is 19.7. The van der Waals surface area contributed by atoms with E-state index in [9.17, 15) is 24.0 Å². The summed E-state index contributed by atoms with van der Waals surface area (Å²) in [6, 6.07) is 28.5. The molecule has 0 saturated carbocycles. The molecule has 0 bridgehead atoms. The van der Waals surface area contributed by atoms with Gasteiger partial charge in [-0.1, -0.05) is 106 Å². The van der Waals surface area contributed by atoms with Crippen molar-refractivity contribution in [3.05, 3.63) is 143 Å². The zero-order valence-electron chi connectivity index (χ0n) is 44.9.